The fourth-order valence-corrected chi connectivity index (χ4v) is 3.24. The molecule has 174 valence electrons. The highest BCUT2D eigenvalue weighted by Gasteiger charge is 2.23. The van der Waals surface area contributed by atoms with Gasteiger partial charge < -0.3 is 25.8 Å². The minimum absolute atomic E-state index is 0.176. The Labute approximate surface area is 190 Å². The Morgan fingerprint density at radius 1 is 1.00 bits per heavy atom. The number of nitrogens with one attached hydrogen (secondary N) is 3. The van der Waals surface area contributed by atoms with Gasteiger partial charge in [0.05, 0.1) is 0 Å². The number of hydrogen-bond donors (Lipinski definition) is 4. The van der Waals surface area contributed by atoms with E-state index in [-0.39, 0.29) is 6.42 Å². The molecule has 1 aliphatic heterocycles. The fraction of sp³-hybridized carbons (Fsp3) is 0.440. The van der Waals surface area contributed by atoms with Crippen molar-refractivity contribution in [3.8, 4) is 0 Å². The third kappa shape index (κ3) is 10.3. The van der Waals surface area contributed by atoms with E-state index in [0.29, 0.717) is 5.69 Å². The van der Waals surface area contributed by atoms with E-state index in [1.54, 1.807) is 12.1 Å². The van der Waals surface area contributed by atoms with Crippen LogP contribution in [0.1, 0.15) is 44.6 Å². The summed E-state index contributed by atoms with van der Waals surface area (Å²) in [4.78, 5) is 23.3. The van der Waals surface area contributed by atoms with Crippen LogP contribution in [0.3, 0.4) is 0 Å². The van der Waals surface area contributed by atoms with Crippen LogP contribution in [-0.4, -0.2) is 42.9 Å². The van der Waals surface area contributed by atoms with Gasteiger partial charge in [0.15, 0.2) is 6.10 Å². The minimum Gasteiger partial charge on any atom is -0.450 e. The lowest BCUT2D eigenvalue weighted by molar-refractivity contribution is -0.125. The second-order valence-corrected chi connectivity index (χ2v) is 7.72. The lowest BCUT2D eigenvalue weighted by atomic mass is 10.1. The Kier molecular flexibility index (Phi) is 11.7. The molecule has 1 amide bonds. The highest BCUT2D eigenvalue weighted by molar-refractivity contribution is 5.95. The van der Waals surface area contributed by atoms with Gasteiger partial charge in [0.25, 0.3) is 5.91 Å². The van der Waals surface area contributed by atoms with Gasteiger partial charge in [0.1, 0.15) is 0 Å². The van der Waals surface area contributed by atoms with E-state index in [1.807, 2.05) is 42.5 Å². The van der Waals surface area contributed by atoms with Crippen LogP contribution in [-0.2, 0) is 16.0 Å². The van der Waals surface area contributed by atoms with Crippen LogP contribution < -0.4 is 16.0 Å². The Morgan fingerprint density at radius 3 is 2.19 bits per heavy atom. The topological polar surface area (TPSA) is 99.7 Å². The molecule has 1 fully saturated rings. The summed E-state index contributed by atoms with van der Waals surface area (Å²) in [5.41, 5.74) is 2.38. The molecule has 1 unspecified atom stereocenters. The Bertz CT molecular complexity index is 781. The molecule has 0 spiro atoms. The van der Waals surface area contributed by atoms with Gasteiger partial charge in [-0.05, 0) is 62.2 Å². The smallest absolute Gasteiger partial charge is 0.450 e. The van der Waals surface area contributed by atoms with E-state index in [1.165, 1.54) is 32.4 Å². The first-order chi connectivity index (χ1) is 15.6. The van der Waals surface area contributed by atoms with E-state index in [0.717, 1.165) is 30.6 Å². The number of piperidine rings is 1. The molecule has 7 nitrogen and oxygen atoms in total. The van der Waals surface area contributed by atoms with Gasteiger partial charge >= 0.3 is 6.16 Å². The number of hydrogen-bond acceptors (Lipinski definition) is 5. The number of carbonyl (C=O) groups excluding carboxylic acids is 1. The lowest BCUT2D eigenvalue weighted by Gasteiger charge is -2.16. The summed E-state index contributed by atoms with van der Waals surface area (Å²) in [6, 6.07) is 16.4. The summed E-state index contributed by atoms with van der Waals surface area (Å²) in [6.07, 6.45) is 4.01. The van der Waals surface area contributed by atoms with Crippen molar-refractivity contribution in [3.05, 3.63) is 60.2 Å². The number of amides is 1. The molecule has 2 aromatic rings. The van der Waals surface area contributed by atoms with E-state index in [4.69, 9.17) is 9.84 Å². The summed E-state index contributed by atoms with van der Waals surface area (Å²) < 4.78 is 4.77. The molecule has 0 aromatic heterocycles. The van der Waals surface area contributed by atoms with Crippen molar-refractivity contribution in [1.82, 2.24) is 5.32 Å². The van der Waals surface area contributed by atoms with Crippen LogP contribution in [0.25, 0.3) is 0 Å². The van der Waals surface area contributed by atoms with Crippen LogP contribution in [0.15, 0.2) is 54.6 Å². The largest absolute Gasteiger partial charge is 0.506 e. The maximum Gasteiger partial charge on any atom is 0.506 e. The van der Waals surface area contributed by atoms with Crippen LogP contribution >= 0.6 is 0 Å². The average Bonchev–Trinajstić information content (AvgIpc) is 2.82. The van der Waals surface area contributed by atoms with Gasteiger partial charge in [-0.1, -0.05) is 50.1 Å². The lowest BCUT2D eigenvalue weighted by Crippen LogP contribution is -2.34. The third-order valence-corrected chi connectivity index (χ3v) is 5.02. The number of ether oxygens (including phenoxy) is 1. The predicted molar refractivity (Wildman–Crippen MR) is 128 cm³/mol. The Morgan fingerprint density at radius 2 is 1.66 bits per heavy atom. The third-order valence-electron chi connectivity index (χ3n) is 5.02. The maximum atomic E-state index is 12.4. The first-order valence-corrected chi connectivity index (χ1v) is 11.4. The molecular formula is C25H35N3O4. The molecule has 0 radical (unpaired) electrons. The van der Waals surface area contributed by atoms with Crippen molar-refractivity contribution in [2.24, 2.45) is 0 Å². The van der Waals surface area contributed by atoms with E-state index < -0.39 is 18.2 Å². The van der Waals surface area contributed by atoms with Crippen LogP contribution in [0.2, 0.25) is 0 Å². The quantitative estimate of drug-likeness (QED) is 0.326. The molecule has 1 aliphatic rings. The Hall–Kier alpha value is -3.06. The standard InChI is InChI=1S/C20H24N2O4.C5H11N/c1-2-3-13-21-16-9-11-17(12-10-16)22-19(23)18(26-20(24)25)14-15-7-5-4-6-8-15;1-2-4-6-5-3-1/h4-12,18,21H,2-3,13-14H2,1H3,(H,22,23)(H,24,25);6H,1-5H2. The van der Waals surface area contributed by atoms with Crippen molar-refractivity contribution in [2.45, 2.75) is 51.6 Å². The molecular weight excluding hydrogens is 406 g/mol. The van der Waals surface area contributed by atoms with E-state index in [9.17, 15) is 9.59 Å². The SMILES string of the molecule is C1CCNCC1.CCCCNc1ccc(NC(=O)C(Cc2ccccc2)OC(=O)O)cc1. The first kappa shape index (κ1) is 25.2. The molecule has 1 heterocycles. The summed E-state index contributed by atoms with van der Waals surface area (Å²) in [7, 11) is 0. The van der Waals surface area contributed by atoms with Gasteiger partial charge in [0.2, 0.25) is 0 Å². The van der Waals surface area contributed by atoms with Gasteiger partial charge in [-0.15, -0.1) is 0 Å². The highest BCUT2D eigenvalue weighted by Crippen LogP contribution is 2.15. The number of rotatable bonds is 9. The molecule has 7 heteroatoms. The van der Waals surface area contributed by atoms with Crippen LogP contribution in [0, 0.1) is 0 Å². The molecule has 0 saturated carbocycles. The average molecular weight is 442 g/mol. The van der Waals surface area contributed by atoms with Crippen LogP contribution in [0.4, 0.5) is 16.2 Å². The Balaban J connectivity index is 0.000000520. The molecule has 0 aliphatic carbocycles. The van der Waals surface area contributed by atoms with Gasteiger partial charge in [0, 0.05) is 24.3 Å². The molecule has 3 rings (SSSR count). The van der Waals surface area contributed by atoms with Crippen molar-refractivity contribution >= 4 is 23.4 Å². The zero-order chi connectivity index (χ0) is 23.0. The number of carbonyl (C=O) groups is 2. The summed E-state index contributed by atoms with van der Waals surface area (Å²) >= 11 is 0. The minimum atomic E-state index is -1.48. The van der Waals surface area contributed by atoms with E-state index >= 15 is 0 Å². The molecule has 2 aromatic carbocycles. The number of carboxylic acid groups (broad SMARTS) is 1. The number of unbranched alkanes of at least 4 members (excludes halogenated alkanes) is 1. The molecule has 0 bridgehead atoms. The first-order valence-electron chi connectivity index (χ1n) is 11.4. The van der Waals surface area contributed by atoms with Crippen molar-refractivity contribution in [1.29, 1.82) is 0 Å². The summed E-state index contributed by atoms with van der Waals surface area (Å²) in [6.45, 7) is 5.53. The van der Waals surface area contributed by atoms with Gasteiger partial charge in [-0.25, -0.2) is 4.79 Å². The maximum absolute atomic E-state index is 12.4. The van der Waals surface area contributed by atoms with Crippen LogP contribution in [0.5, 0.6) is 0 Å². The van der Waals surface area contributed by atoms with Gasteiger partial charge in [-0.3, -0.25) is 4.79 Å². The number of benzene rings is 2. The monoisotopic (exact) mass is 441 g/mol. The molecule has 32 heavy (non-hydrogen) atoms. The van der Waals surface area contributed by atoms with Crippen molar-refractivity contribution in [2.75, 3.05) is 30.3 Å². The second-order valence-electron chi connectivity index (χ2n) is 7.72. The molecule has 1 saturated heterocycles. The van der Waals surface area contributed by atoms with Crippen molar-refractivity contribution in [3.63, 3.8) is 0 Å². The number of anilines is 2. The zero-order valence-corrected chi connectivity index (χ0v) is 18.8. The van der Waals surface area contributed by atoms with E-state index in [2.05, 4.69) is 22.9 Å². The second kappa shape index (κ2) is 14.9. The molecule has 1 atom stereocenters. The van der Waals surface area contributed by atoms with Crippen molar-refractivity contribution < 1.29 is 19.4 Å². The zero-order valence-electron chi connectivity index (χ0n) is 18.8. The van der Waals surface area contributed by atoms with Gasteiger partial charge in [-0.2, -0.15) is 0 Å². The molecule has 4 N–H and O–H groups in total. The predicted octanol–water partition coefficient (Wildman–Crippen LogP) is 4.90. The fourth-order valence-electron chi connectivity index (χ4n) is 3.24. The summed E-state index contributed by atoms with van der Waals surface area (Å²) in [5.74, 6) is -0.497. The normalized spacial score (nSPS) is 13.8. The highest BCUT2D eigenvalue weighted by atomic mass is 16.7. The summed E-state index contributed by atoms with van der Waals surface area (Å²) in [5, 5.41) is 18.2.